The lowest BCUT2D eigenvalue weighted by atomic mass is 10.00. The summed E-state index contributed by atoms with van der Waals surface area (Å²) in [4.78, 5) is 32.0. The van der Waals surface area contributed by atoms with E-state index in [4.69, 9.17) is 9.47 Å². The Bertz CT molecular complexity index is 1220. The van der Waals surface area contributed by atoms with Gasteiger partial charge in [0.1, 0.15) is 24.7 Å². The number of thiophene rings is 1. The standard InChI is InChI=1S/C31H38N2O4S/c1-21(2)18-32(31(35)24-8-10-25(36-5)11-9-24)19-30(34)33-16-14-29-27(15-17-38-29)28(33)20-37-26-12-6-23(7-13-26)22(3)4/h6-13,15,17,21-22,28H,14,16,18-20H2,1-5H3/t28-/m1/s1. The van der Waals surface area contributed by atoms with Crippen LogP contribution >= 0.6 is 11.3 Å². The smallest absolute Gasteiger partial charge is 0.254 e. The van der Waals surface area contributed by atoms with Crippen LogP contribution in [0.3, 0.4) is 0 Å². The fraction of sp³-hybridized carbons (Fsp3) is 0.419. The summed E-state index contributed by atoms with van der Waals surface area (Å²) in [5.41, 5.74) is 2.95. The van der Waals surface area contributed by atoms with E-state index in [0.717, 1.165) is 17.7 Å². The molecule has 0 N–H and O–H groups in total. The van der Waals surface area contributed by atoms with E-state index in [1.54, 1.807) is 47.6 Å². The van der Waals surface area contributed by atoms with Gasteiger partial charge in [-0.2, -0.15) is 0 Å². The molecule has 3 aromatic rings. The Morgan fingerprint density at radius 3 is 2.32 bits per heavy atom. The van der Waals surface area contributed by atoms with E-state index in [2.05, 4.69) is 51.3 Å². The maximum atomic E-state index is 13.8. The van der Waals surface area contributed by atoms with E-state index in [-0.39, 0.29) is 30.3 Å². The molecule has 2 aromatic carbocycles. The number of methoxy groups -OCH3 is 1. The molecule has 2 amide bonds. The zero-order valence-electron chi connectivity index (χ0n) is 23.0. The summed E-state index contributed by atoms with van der Waals surface area (Å²) in [5, 5.41) is 2.08. The zero-order chi connectivity index (χ0) is 27.2. The first kappa shape index (κ1) is 27.7. The monoisotopic (exact) mass is 534 g/mol. The van der Waals surface area contributed by atoms with Gasteiger partial charge in [-0.3, -0.25) is 9.59 Å². The quantitative estimate of drug-likeness (QED) is 0.312. The van der Waals surface area contributed by atoms with E-state index >= 15 is 0 Å². The second kappa shape index (κ2) is 12.5. The van der Waals surface area contributed by atoms with Gasteiger partial charge in [-0.05, 0) is 77.2 Å². The van der Waals surface area contributed by atoms with Crippen molar-refractivity contribution in [3.63, 3.8) is 0 Å². The molecule has 0 radical (unpaired) electrons. The molecule has 0 saturated carbocycles. The Morgan fingerprint density at radius 2 is 1.68 bits per heavy atom. The van der Waals surface area contributed by atoms with Gasteiger partial charge in [0.25, 0.3) is 5.91 Å². The number of rotatable bonds is 10. The normalized spacial score (nSPS) is 14.9. The van der Waals surface area contributed by atoms with Crippen molar-refractivity contribution in [1.29, 1.82) is 0 Å². The van der Waals surface area contributed by atoms with Crippen LogP contribution in [0, 0.1) is 5.92 Å². The Kier molecular flexibility index (Phi) is 9.10. The Labute approximate surface area is 230 Å². The molecule has 1 aliphatic heterocycles. The van der Waals surface area contributed by atoms with Crippen LogP contribution in [0.15, 0.2) is 60.0 Å². The minimum absolute atomic E-state index is 0.0299. The third-order valence-corrected chi connectivity index (χ3v) is 7.90. The molecule has 1 atom stereocenters. The van der Waals surface area contributed by atoms with Crippen molar-refractivity contribution in [3.8, 4) is 11.5 Å². The lowest BCUT2D eigenvalue weighted by Crippen LogP contribution is -2.48. The van der Waals surface area contributed by atoms with E-state index in [1.165, 1.54) is 10.4 Å². The van der Waals surface area contributed by atoms with Gasteiger partial charge in [-0.1, -0.05) is 39.8 Å². The number of hydrogen-bond donors (Lipinski definition) is 0. The lowest BCUT2D eigenvalue weighted by molar-refractivity contribution is -0.135. The molecule has 0 fully saturated rings. The highest BCUT2D eigenvalue weighted by Gasteiger charge is 2.33. The highest BCUT2D eigenvalue weighted by molar-refractivity contribution is 7.10. The van der Waals surface area contributed by atoms with Crippen LogP contribution in [0.25, 0.3) is 0 Å². The average molecular weight is 535 g/mol. The Hall–Kier alpha value is -3.32. The molecular weight excluding hydrogens is 496 g/mol. The predicted molar refractivity (Wildman–Crippen MR) is 152 cm³/mol. The van der Waals surface area contributed by atoms with Gasteiger partial charge in [0, 0.05) is 23.5 Å². The minimum Gasteiger partial charge on any atom is -0.497 e. The minimum atomic E-state index is -0.195. The van der Waals surface area contributed by atoms with Gasteiger partial charge in [0.2, 0.25) is 5.91 Å². The predicted octanol–water partition coefficient (Wildman–Crippen LogP) is 6.18. The first-order valence-corrected chi connectivity index (χ1v) is 14.2. The molecule has 6 nitrogen and oxygen atoms in total. The molecule has 2 heterocycles. The Morgan fingerprint density at radius 1 is 1.00 bits per heavy atom. The van der Waals surface area contributed by atoms with Gasteiger partial charge >= 0.3 is 0 Å². The fourth-order valence-electron chi connectivity index (χ4n) is 4.83. The number of fused-ring (bicyclic) bond motifs is 1. The van der Waals surface area contributed by atoms with Gasteiger partial charge in [-0.25, -0.2) is 0 Å². The molecule has 1 aromatic heterocycles. The van der Waals surface area contributed by atoms with Crippen molar-refractivity contribution in [3.05, 3.63) is 81.5 Å². The maximum Gasteiger partial charge on any atom is 0.254 e. The molecule has 1 aliphatic rings. The topological polar surface area (TPSA) is 59.1 Å². The van der Waals surface area contributed by atoms with E-state index < -0.39 is 0 Å². The number of nitrogens with zero attached hydrogens (tertiary/aromatic N) is 2. The van der Waals surface area contributed by atoms with Crippen LogP contribution in [0.5, 0.6) is 11.5 Å². The molecule has 0 saturated heterocycles. The first-order valence-electron chi connectivity index (χ1n) is 13.3. The molecule has 38 heavy (non-hydrogen) atoms. The van der Waals surface area contributed by atoms with Crippen molar-refractivity contribution < 1.29 is 19.1 Å². The average Bonchev–Trinajstić information content (AvgIpc) is 3.40. The van der Waals surface area contributed by atoms with E-state index in [0.29, 0.717) is 36.9 Å². The summed E-state index contributed by atoms with van der Waals surface area (Å²) in [6.45, 7) is 9.95. The highest BCUT2D eigenvalue weighted by Crippen LogP contribution is 2.34. The largest absolute Gasteiger partial charge is 0.497 e. The van der Waals surface area contributed by atoms with Crippen molar-refractivity contribution in [1.82, 2.24) is 9.80 Å². The van der Waals surface area contributed by atoms with Crippen LogP contribution < -0.4 is 9.47 Å². The summed E-state index contributed by atoms with van der Waals surface area (Å²) in [6.07, 6.45) is 0.814. The van der Waals surface area contributed by atoms with Crippen LogP contribution in [0.1, 0.15) is 66.0 Å². The van der Waals surface area contributed by atoms with Crippen LogP contribution in [-0.2, 0) is 11.2 Å². The van der Waals surface area contributed by atoms with Crippen molar-refractivity contribution in [2.75, 3.05) is 33.4 Å². The molecule has 4 rings (SSSR count). The molecule has 0 bridgehead atoms. The second-order valence-corrected chi connectivity index (χ2v) is 11.5. The summed E-state index contributed by atoms with van der Waals surface area (Å²) in [5.74, 6) is 1.95. The third-order valence-electron chi connectivity index (χ3n) is 6.91. The summed E-state index contributed by atoms with van der Waals surface area (Å²) in [7, 11) is 1.60. The number of amides is 2. The van der Waals surface area contributed by atoms with Gasteiger partial charge in [0.15, 0.2) is 0 Å². The maximum absolute atomic E-state index is 13.8. The SMILES string of the molecule is COc1ccc(C(=O)N(CC(=O)N2CCc3sccc3[C@H]2COc2ccc(C(C)C)cc2)CC(C)C)cc1. The van der Waals surface area contributed by atoms with Gasteiger partial charge in [0.05, 0.1) is 13.2 Å². The lowest BCUT2D eigenvalue weighted by Gasteiger charge is -2.37. The summed E-state index contributed by atoms with van der Waals surface area (Å²) in [6, 6.07) is 17.1. The fourth-order valence-corrected chi connectivity index (χ4v) is 5.76. The number of carbonyl (C=O) groups is 2. The number of benzene rings is 2. The van der Waals surface area contributed by atoms with E-state index in [9.17, 15) is 9.59 Å². The van der Waals surface area contributed by atoms with Crippen LogP contribution in [0.4, 0.5) is 0 Å². The second-order valence-electron chi connectivity index (χ2n) is 10.5. The number of carbonyl (C=O) groups excluding carboxylic acids is 2. The highest BCUT2D eigenvalue weighted by atomic mass is 32.1. The molecule has 7 heteroatoms. The Balaban J connectivity index is 1.51. The third kappa shape index (κ3) is 6.57. The summed E-state index contributed by atoms with van der Waals surface area (Å²) >= 11 is 1.73. The van der Waals surface area contributed by atoms with Crippen LogP contribution in [0.2, 0.25) is 0 Å². The van der Waals surface area contributed by atoms with Crippen molar-refractivity contribution in [2.45, 2.75) is 46.1 Å². The molecule has 0 unspecified atom stereocenters. The molecular formula is C31H38N2O4S. The number of hydrogen-bond acceptors (Lipinski definition) is 5. The molecule has 0 aliphatic carbocycles. The van der Waals surface area contributed by atoms with Gasteiger partial charge in [-0.15, -0.1) is 11.3 Å². The van der Waals surface area contributed by atoms with E-state index in [1.807, 2.05) is 17.0 Å². The van der Waals surface area contributed by atoms with Crippen LogP contribution in [-0.4, -0.2) is 55.0 Å². The number of ether oxygens (including phenoxy) is 2. The van der Waals surface area contributed by atoms with Gasteiger partial charge < -0.3 is 19.3 Å². The zero-order valence-corrected chi connectivity index (χ0v) is 23.8. The van der Waals surface area contributed by atoms with Crippen molar-refractivity contribution >= 4 is 23.2 Å². The molecule has 0 spiro atoms. The first-order chi connectivity index (χ1) is 18.3. The molecule has 202 valence electrons. The summed E-state index contributed by atoms with van der Waals surface area (Å²) < 4.78 is 11.4. The van der Waals surface area contributed by atoms with Crippen molar-refractivity contribution in [2.24, 2.45) is 5.92 Å².